The van der Waals surface area contributed by atoms with E-state index in [1.807, 2.05) is 48.5 Å². The lowest BCUT2D eigenvalue weighted by molar-refractivity contribution is -0.252. The fourth-order valence-corrected chi connectivity index (χ4v) is 4.44. The van der Waals surface area contributed by atoms with Gasteiger partial charge in [-0.15, -0.1) is 0 Å². The molecular formula is C27H30Cl2N4O6. The maximum atomic E-state index is 12.0. The number of aromatic nitrogens is 2. The normalized spacial score (nSPS) is 18.9. The van der Waals surface area contributed by atoms with Gasteiger partial charge in [0.15, 0.2) is 11.4 Å². The van der Waals surface area contributed by atoms with Crippen LogP contribution in [0.5, 0.6) is 0 Å². The number of amides is 2. The molecule has 2 heterocycles. The molecule has 1 aromatic heterocycles. The Kier molecular flexibility index (Phi) is 10.2. The molecule has 3 aromatic rings. The van der Waals surface area contributed by atoms with Crippen LogP contribution in [0.3, 0.4) is 0 Å². The molecule has 2 amide bonds. The number of nitrogens with one attached hydrogen (secondary N) is 2. The van der Waals surface area contributed by atoms with Gasteiger partial charge in [-0.1, -0.05) is 71.7 Å². The minimum Gasteiger partial charge on any atom is -0.465 e. The van der Waals surface area contributed by atoms with Crippen LogP contribution >= 0.6 is 23.2 Å². The van der Waals surface area contributed by atoms with Crippen molar-refractivity contribution in [1.29, 1.82) is 0 Å². The molecule has 0 radical (unpaired) electrons. The fourth-order valence-electron chi connectivity index (χ4n) is 4.12. The number of urea groups is 1. The second-order valence-electron chi connectivity index (χ2n) is 8.91. The highest BCUT2D eigenvalue weighted by Crippen LogP contribution is 2.38. The molecule has 208 valence electrons. The molecule has 3 N–H and O–H groups in total. The smallest absolute Gasteiger partial charge is 0.325 e. The summed E-state index contributed by atoms with van der Waals surface area (Å²) in [6.45, 7) is 2.43. The molecule has 3 unspecified atom stereocenters. The summed E-state index contributed by atoms with van der Waals surface area (Å²) in [5, 5.41) is 15.1. The van der Waals surface area contributed by atoms with E-state index < -0.39 is 18.3 Å². The Labute approximate surface area is 236 Å². The van der Waals surface area contributed by atoms with E-state index >= 15 is 0 Å². The quantitative estimate of drug-likeness (QED) is 0.307. The van der Waals surface area contributed by atoms with Crippen molar-refractivity contribution in [3.8, 4) is 0 Å². The Hall–Kier alpha value is -3.15. The first-order valence-electron chi connectivity index (χ1n) is 12.5. The molecule has 0 bridgehead atoms. The number of carbonyl (C=O) groups is 2. The summed E-state index contributed by atoms with van der Waals surface area (Å²) in [6, 6.07) is 14.7. The molecule has 1 aliphatic heterocycles. The zero-order chi connectivity index (χ0) is 27.8. The Morgan fingerprint density at radius 1 is 1.05 bits per heavy atom. The van der Waals surface area contributed by atoms with Gasteiger partial charge in [0.2, 0.25) is 0 Å². The Balaban J connectivity index is 1.42. The van der Waals surface area contributed by atoms with Gasteiger partial charge in [-0.2, -0.15) is 0 Å². The van der Waals surface area contributed by atoms with Gasteiger partial charge in [0.25, 0.3) is 0 Å². The first-order valence-corrected chi connectivity index (χ1v) is 13.2. The predicted molar refractivity (Wildman–Crippen MR) is 144 cm³/mol. The fraction of sp³-hybridized carbons (Fsp3) is 0.370. The van der Waals surface area contributed by atoms with Crippen LogP contribution in [0.2, 0.25) is 10.3 Å². The van der Waals surface area contributed by atoms with Crippen molar-refractivity contribution in [1.82, 2.24) is 20.2 Å². The summed E-state index contributed by atoms with van der Waals surface area (Å²) < 4.78 is 19.2. The van der Waals surface area contributed by atoms with E-state index in [1.165, 1.54) is 0 Å². The third kappa shape index (κ3) is 7.93. The zero-order valence-corrected chi connectivity index (χ0v) is 22.8. The number of imidazole rings is 1. The topological polar surface area (TPSA) is 124 Å². The number of ether oxygens (including phenoxy) is 3. The maximum absolute atomic E-state index is 12.0. The van der Waals surface area contributed by atoms with Crippen molar-refractivity contribution in [2.45, 2.75) is 51.5 Å². The molecule has 10 nitrogen and oxygen atoms in total. The van der Waals surface area contributed by atoms with Crippen molar-refractivity contribution in [2.24, 2.45) is 0 Å². The van der Waals surface area contributed by atoms with Crippen molar-refractivity contribution in [3.63, 3.8) is 0 Å². The molecule has 0 saturated carbocycles. The van der Waals surface area contributed by atoms with Crippen LogP contribution in [0.25, 0.3) is 0 Å². The number of benzene rings is 2. The third-order valence-electron chi connectivity index (χ3n) is 6.15. The van der Waals surface area contributed by atoms with Gasteiger partial charge in [-0.25, -0.2) is 9.78 Å². The molecule has 39 heavy (non-hydrogen) atoms. The van der Waals surface area contributed by atoms with Crippen LogP contribution in [0.4, 0.5) is 4.79 Å². The van der Waals surface area contributed by atoms with Gasteiger partial charge < -0.3 is 34.5 Å². The van der Waals surface area contributed by atoms with Crippen LogP contribution in [-0.4, -0.2) is 45.9 Å². The summed E-state index contributed by atoms with van der Waals surface area (Å²) in [6.07, 6.45) is 0.985. The number of rotatable bonds is 10. The van der Waals surface area contributed by atoms with Crippen LogP contribution in [0.15, 0.2) is 54.9 Å². The van der Waals surface area contributed by atoms with Crippen LogP contribution in [0, 0.1) is 0 Å². The summed E-state index contributed by atoms with van der Waals surface area (Å²) >= 11 is 12.3. The number of nitrogens with zero attached hydrogens (tertiary/aromatic N) is 2. The zero-order valence-electron chi connectivity index (χ0n) is 21.3. The third-order valence-corrected chi connectivity index (χ3v) is 6.92. The average molecular weight is 577 g/mol. The molecule has 1 fully saturated rings. The summed E-state index contributed by atoms with van der Waals surface area (Å²) in [4.78, 5) is 27.4. The lowest BCUT2D eigenvalue weighted by Gasteiger charge is -2.36. The minimum atomic E-state index is -0.654. The van der Waals surface area contributed by atoms with Crippen LogP contribution < -0.4 is 10.6 Å². The van der Waals surface area contributed by atoms with Gasteiger partial charge in [-0.3, -0.25) is 4.79 Å². The van der Waals surface area contributed by atoms with Crippen LogP contribution in [-0.2, 0) is 38.7 Å². The van der Waals surface area contributed by atoms with E-state index in [2.05, 4.69) is 15.6 Å². The number of aliphatic hydroxyl groups is 1. The van der Waals surface area contributed by atoms with E-state index in [1.54, 1.807) is 17.8 Å². The molecule has 0 aliphatic carbocycles. The van der Waals surface area contributed by atoms with E-state index in [9.17, 15) is 14.7 Å². The van der Waals surface area contributed by atoms with Gasteiger partial charge >= 0.3 is 12.0 Å². The highest BCUT2D eigenvalue weighted by atomic mass is 35.5. The van der Waals surface area contributed by atoms with Crippen LogP contribution in [0.1, 0.15) is 48.0 Å². The number of hydrogen-bond donors (Lipinski definition) is 3. The molecule has 4 rings (SSSR count). The maximum Gasteiger partial charge on any atom is 0.325 e. The van der Waals surface area contributed by atoms with Gasteiger partial charge in [0.05, 0.1) is 38.3 Å². The van der Waals surface area contributed by atoms with E-state index in [0.717, 1.165) is 22.3 Å². The Morgan fingerprint density at radius 2 is 1.74 bits per heavy atom. The first kappa shape index (κ1) is 28.8. The molecule has 1 saturated heterocycles. The van der Waals surface area contributed by atoms with Crippen molar-refractivity contribution in [2.75, 3.05) is 13.2 Å². The molecule has 12 heteroatoms. The standard InChI is InChI=1S/C27H30Cl2N4O6/c1-2-37-23(35)13-31-27(36)30-12-17-3-9-20(10-4-17)26-38-21(14-33-16-32-24(28)25(33)29)11-22(39-26)19-7-5-18(15-34)6-8-19/h3-10,16,21-22,26,34H,2,11-15H2,1H3,(H2,30,31,36). The van der Waals surface area contributed by atoms with Crippen molar-refractivity contribution >= 4 is 35.2 Å². The molecule has 3 atom stereocenters. The molecule has 1 aliphatic rings. The number of hydrogen-bond acceptors (Lipinski definition) is 7. The molecule has 0 spiro atoms. The van der Waals surface area contributed by atoms with E-state index in [-0.39, 0.29) is 43.7 Å². The highest BCUT2D eigenvalue weighted by molar-refractivity contribution is 6.40. The molecular weight excluding hydrogens is 547 g/mol. The summed E-state index contributed by atoms with van der Waals surface area (Å²) in [5.74, 6) is -0.496. The second kappa shape index (κ2) is 13.8. The lowest BCUT2D eigenvalue weighted by atomic mass is 10.00. The van der Waals surface area contributed by atoms with Gasteiger partial charge in [0.1, 0.15) is 11.7 Å². The predicted octanol–water partition coefficient (Wildman–Crippen LogP) is 4.29. The van der Waals surface area contributed by atoms with E-state index in [0.29, 0.717) is 18.1 Å². The highest BCUT2D eigenvalue weighted by Gasteiger charge is 2.32. The Bertz CT molecular complexity index is 1250. The second-order valence-corrected chi connectivity index (χ2v) is 9.63. The first-order chi connectivity index (χ1) is 18.9. The summed E-state index contributed by atoms with van der Waals surface area (Å²) in [7, 11) is 0. The van der Waals surface area contributed by atoms with Crippen molar-refractivity contribution in [3.05, 3.63) is 87.4 Å². The van der Waals surface area contributed by atoms with E-state index in [4.69, 9.17) is 37.4 Å². The number of halogens is 2. The SMILES string of the molecule is CCOC(=O)CNC(=O)NCc1ccc(C2OC(Cn3cnc(Cl)c3Cl)CC(c3ccc(CO)cc3)O2)cc1. The Morgan fingerprint density at radius 3 is 2.38 bits per heavy atom. The largest absolute Gasteiger partial charge is 0.465 e. The number of esters is 1. The monoisotopic (exact) mass is 576 g/mol. The minimum absolute atomic E-state index is 0.0334. The van der Waals surface area contributed by atoms with Gasteiger partial charge in [0, 0.05) is 18.5 Å². The van der Waals surface area contributed by atoms with Gasteiger partial charge in [-0.05, 0) is 23.6 Å². The number of aliphatic hydroxyl groups excluding tert-OH is 1. The average Bonchev–Trinajstić information content (AvgIpc) is 3.27. The van der Waals surface area contributed by atoms with Crippen molar-refractivity contribution < 1.29 is 28.9 Å². The summed E-state index contributed by atoms with van der Waals surface area (Å²) in [5.41, 5.74) is 3.45. The molecule has 2 aromatic carbocycles. The number of carbonyl (C=O) groups excluding carboxylic acids is 2. The lowest BCUT2D eigenvalue weighted by Crippen LogP contribution is -2.38.